The van der Waals surface area contributed by atoms with Crippen molar-refractivity contribution in [1.29, 1.82) is 0 Å². The van der Waals surface area contributed by atoms with Crippen LogP contribution in [0.25, 0.3) is 33.2 Å². The number of hydrogen-bond acceptors (Lipinski definition) is 8. The van der Waals surface area contributed by atoms with Crippen molar-refractivity contribution in [2.24, 2.45) is 5.18 Å². The van der Waals surface area contributed by atoms with Gasteiger partial charge in [0.05, 0.1) is 25.8 Å². The van der Waals surface area contributed by atoms with Gasteiger partial charge in [0.2, 0.25) is 5.88 Å². The zero-order valence-corrected chi connectivity index (χ0v) is 22.4. The molecule has 0 aliphatic carbocycles. The third-order valence-electron chi connectivity index (χ3n) is 6.79. The van der Waals surface area contributed by atoms with Gasteiger partial charge in [0.15, 0.2) is 5.69 Å². The minimum atomic E-state index is -0.460. The topological polar surface area (TPSA) is 112 Å². The van der Waals surface area contributed by atoms with E-state index >= 15 is 0 Å². The van der Waals surface area contributed by atoms with E-state index in [1.807, 2.05) is 48.5 Å². The van der Waals surface area contributed by atoms with Gasteiger partial charge >= 0.3 is 5.97 Å². The average molecular weight is 543 g/mol. The first-order valence-electron chi connectivity index (χ1n) is 13.2. The van der Waals surface area contributed by atoms with Crippen molar-refractivity contribution in [2.45, 2.75) is 32.7 Å². The van der Waals surface area contributed by atoms with Crippen molar-refractivity contribution in [3.63, 3.8) is 0 Å². The highest BCUT2D eigenvalue weighted by atomic mass is 16.5. The lowest BCUT2D eigenvalue weighted by Gasteiger charge is -2.08. The van der Waals surface area contributed by atoms with E-state index in [2.05, 4.69) is 5.18 Å². The maximum Gasteiger partial charge on any atom is 0.342 e. The number of nitroso groups, excluding NO2 is 1. The van der Waals surface area contributed by atoms with Crippen LogP contribution in [0, 0.1) is 4.91 Å². The number of carbonyl (C=O) groups excluding carboxylic acids is 1. The van der Waals surface area contributed by atoms with E-state index in [1.165, 1.54) is 0 Å². The van der Waals surface area contributed by atoms with E-state index in [-0.39, 0.29) is 18.2 Å². The maximum absolute atomic E-state index is 12.9. The average Bonchev–Trinajstić information content (AvgIpc) is 3.49. The molecule has 40 heavy (non-hydrogen) atoms. The molecular weight excluding hydrogens is 512 g/mol. The molecule has 0 atom stereocenters. The number of hydrogen-bond donors (Lipinski definition) is 1. The second-order valence-electron chi connectivity index (χ2n) is 9.25. The molecule has 0 aliphatic rings. The Morgan fingerprint density at radius 2 is 1.75 bits per heavy atom. The van der Waals surface area contributed by atoms with Crippen LogP contribution in [0.15, 0.2) is 76.3 Å². The van der Waals surface area contributed by atoms with E-state index in [9.17, 15) is 14.8 Å². The van der Waals surface area contributed by atoms with Crippen molar-refractivity contribution >= 4 is 33.5 Å². The molecule has 0 unspecified atom stereocenters. The van der Waals surface area contributed by atoms with Gasteiger partial charge in [-0.2, -0.15) is 0 Å². The molecule has 5 rings (SSSR count). The molecule has 0 saturated carbocycles. The lowest BCUT2D eigenvalue weighted by molar-refractivity contribution is 0.0528. The Hall–Kier alpha value is -4.79. The number of esters is 1. The summed E-state index contributed by atoms with van der Waals surface area (Å²) < 4.78 is 24.4. The van der Waals surface area contributed by atoms with Crippen LogP contribution >= 0.6 is 0 Å². The minimum absolute atomic E-state index is 0.0749. The second kappa shape index (κ2) is 11.9. The number of nitrogens with zero attached hydrogens (tertiary/aromatic N) is 2. The standard InChI is InChI=1S/C31H30N2O7/c1-3-38-31(35)27-24-19-22(15-16-26(24)40-29(27)20-11-13-21(37-2)14-12-20)39-18-8-4-7-17-33-25-10-6-5-9-23(25)28(32-36)30(33)34/h5-6,9-16,19,34H,3-4,7-8,17-18H2,1-2H3. The third kappa shape index (κ3) is 5.22. The summed E-state index contributed by atoms with van der Waals surface area (Å²) in [7, 11) is 1.60. The SMILES string of the molecule is CCOC(=O)c1c(-c2ccc(OC)cc2)oc2ccc(OCCCCCn3c(O)c(N=O)c4ccccc43)cc12. The van der Waals surface area contributed by atoms with Crippen LogP contribution in [-0.2, 0) is 11.3 Å². The van der Waals surface area contributed by atoms with Crippen LogP contribution in [-0.4, -0.2) is 36.0 Å². The molecule has 0 fully saturated rings. The summed E-state index contributed by atoms with van der Waals surface area (Å²) in [4.78, 5) is 24.1. The van der Waals surface area contributed by atoms with Crippen LogP contribution in [0.5, 0.6) is 17.4 Å². The number of rotatable bonds is 12. The van der Waals surface area contributed by atoms with Crippen molar-refractivity contribution in [2.75, 3.05) is 20.3 Å². The van der Waals surface area contributed by atoms with Crippen molar-refractivity contribution in [3.05, 3.63) is 77.2 Å². The highest BCUT2D eigenvalue weighted by Gasteiger charge is 2.24. The first-order valence-corrected chi connectivity index (χ1v) is 13.2. The van der Waals surface area contributed by atoms with Crippen molar-refractivity contribution in [3.8, 4) is 28.7 Å². The number of ether oxygens (including phenoxy) is 3. The number of aromatic nitrogens is 1. The van der Waals surface area contributed by atoms with Gasteiger partial charge in [0.1, 0.15) is 28.4 Å². The Kier molecular flexibility index (Phi) is 8.00. The summed E-state index contributed by atoms with van der Waals surface area (Å²) in [6.45, 7) is 3.04. The molecule has 9 heteroatoms. The molecule has 206 valence electrons. The summed E-state index contributed by atoms with van der Waals surface area (Å²) in [5.74, 6) is 1.19. The highest BCUT2D eigenvalue weighted by molar-refractivity contribution is 6.09. The number of furan rings is 1. The van der Waals surface area contributed by atoms with Gasteiger partial charge in [0, 0.05) is 22.9 Å². The number of carbonyl (C=O) groups is 1. The Balaban J connectivity index is 1.25. The van der Waals surface area contributed by atoms with Crippen molar-refractivity contribution in [1.82, 2.24) is 4.57 Å². The van der Waals surface area contributed by atoms with E-state index in [0.29, 0.717) is 52.3 Å². The lowest BCUT2D eigenvalue weighted by atomic mass is 10.1. The van der Waals surface area contributed by atoms with E-state index in [1.54, 1.807) is 36.8 Å². The van der Waals surface area contributed by atoms with Gasteiger partial charge in [-0.3, -0.25) is 0 Å². The predicted octanol–water partition coefficient (Wildman–Crippen LogP) is 7.59. The molecule has 2 aromatic heterocycles. The van der Waals surface area contributed by atoms with Crippen LogP contribution in [0.4, 0.5) is 5.69 Å². The molecular formula is C31H30N2O7. The molecule has 3 aromatic carbocycles. The number of methoxy groups -OCH3 is 1. The van der Waals surface area contributed by atoms with Gasteiger partial charge in [-0.05, 0) is 79.9 Å². The zero-order chi connectivity index (χ0) is 28.1. The fourth-order valence-electron chi connectivity index (χ4n) is 4.84. The number of aryl methyl sites for hydroxylation is 1. The van der Waals surface area contributed by atoms with Crippen molar-refractivity contribution < 1.29 is 28.5 Å². The van der Waals surface area contributed by atoms with Crippen LogP contribution in [0.1, 0.15) is 36.5 Å². The number of unbranched alkanes of at least 4 members (excludes halogenated alkanes) is 2. The molecule has 0 bridgehead atoms. The fraction of sp³-hybridized carbons (Fsp3) is 0.258. The Morgan fingerprint density at radius 1 is 0.975 bits per heavy atom. The summed E-state index contributed by atoms with van der Waals surface area (Å²) in [6, 6.07) is 20.0. The fourth-order valence-corrected chi connectivity index (χ4v) is 4.84. The molecule has 0 saturated heterocycles. The largest absolute Gasteiger partial charge is 0.497 e. The van der Waals surface area contributed by atoms with Gasteiger partial charge < -0.3 is 28.3 Å². The number of benzene rings is 3. The van der Waals surface area contributed by atoms with Crippen LogP contribution in [0.3, 0.4) is 0 Å². The zero-order valence-electron chi connectivity index (χ0n) is 22.4. The molecule has 2 heterocycles. The number of para-hydroxylation sites is 1. The minimum Gasteiger partial charge on any atom is -0.497 e. The first kappa shape index (κ1) is 26.8. The Bertz CT molecular complexity index is 1650. The van der Waals surface area contributed by atoms with Gasteiger partial charge in [-0.25, -0.2) is 4.79 Å². The normalized spacial score (nSPS) is 11.2. The summed E-state index contributed by atoms with van der Waals surface area (Å²) >= 11 is 0. The summed E-state index contributed by atoms with van der Waals surface area (Å²) in [5.41, 5.74) is 2.51. The maximum atomic E-state index is 12.9. The molecule has 0 radical (unpaired) electrons. The van der Waals surface area contributed by atoms with E-state index in [4.69, 9.17) is 18.6 Å². The Morgan fingerprint density at radius 3 is 2.50 bits per heavy atom. The molecule has 5 aromatic rings. The molecule has 1 N–H and O–H groups in total. The monoisotopic (exact) mass is 542 g/mol. The van der Waals surface area contributed by atoms with Gasteiger partial charge in [-0.1, -0.05) is 18.2 Å². The summed E-state index contributed by atoms with van der Waals surface area (Å²) in [6.07, 6.45) is 2.41. The van der Waals surface area contributed by atoms with Crippen LogP contribution < -0.4 is 9.47 Å². The van der Waals surface area contributed by atoms with Crippen LogP contribution in [0.2, 0.25) is 0 Å². The smallest absolute Gasteiger partial charge is 0.342 e. The van der Waals surface area contributed by atoms with Gasteiger partial charge in [0.25, 0.3) is 0 Å². The predicted molar refractivity (Wildman–Crippen MR) is 153 cm³/mol. The van der Waals surface area contributed by atoms with Gasteiger partial charge in [-0.15, -0.1) is 4.91 Å². The highest BCUT2D eigenvalue weighted by Crippen LogP contribution is 2.39. The third-order valence-corrected chi connectivity index (χ3v) is 6.79. The number of aromatic hydroxyl groups is 1. The Labute approximate surface area is 230 Å². The quantitative estimate of drug-likeness (QED) is 0.0981. The van der Waals surface area contributed by atoms with E-state index in [0.717, 1.165) is 30.3 Å². The van der Waals surface area contributed by atoms with E-state index < -0.39 is 5.97 Å². The first-order chi connectivity index (χ1) is 19.5. The molecule has 0 amide bonds. The second-order valence-corrected chi connectivity index (χ2v) is 9.25. The molecule has 0 aliphatic heterocycles. The lowest BCUT2D eigenvalue weighted by Crippen LogP contribution is -2.05. The molecule has 0 spiro atoms. The number of fused-ring (bicyclic) bond motifs is 2. The summed E-state index contributed by atoms with van der Waals surface area (Å²) in [5, 5.41) is 14.7. The molecule has 9 nitrogen and oxygen atoms in total.